The molecule has 0 aliphatic carbocycles. The van der Waals surface area contributed by atoms with E-state index in [0.717, 1.165) is 28.3 Å². The number of carbonyl (C=O) groups excluding carboxylic acids is 2. The maximum Gasteiger partial charge on any atom is 0.573 e. The number of alkyl halides is 6. The van der Waals surface area contributed by atoms with Crippen molar-refractivity contribution in [1.82, 2.24) is 20.1 Å². The Hall–Kier alpha value is -4.86. The molecule has 9 nitrogen and oxygen atoms in total. The highest BCUT2D eigenvalue weighted by Crippen LogP contribution is 2.39. The summed E-state index contributed by atoms with van der Waals surface area (Å²) in [7, 11) is 0. The van der Waals surface area contributed by atoms with Crippen LogP contribution in [0.3, 0.4) is 0 Å². The van der Waals surface area contributed by atoms with Crippen molar-refractivity contribution in [2.75, 3.05) is 10.7 Å². The molecule has 1 fully saturated rings. The average Bonchev–Trinajstić information content (AvgIpc) is 3.59. The number of amides is 3. The van der Waals surface area contributed by atoms with Crippen LogP contribution >= 0.6 is 11.8 Å². The number of amidine groups is 1. The molecule has 46 heavy (non-hydrogen) atoms. The minimum atomic E-state index is -4.79. The fourth-order valence-electron chi connectivity index (χ4n) is 4.59. The summed E-state index contributed by atoms with van der Waals surface area (Å²) in [5.74, 6) is -0.764. The first-order chi connectivity index (χ1) is 21.7. The van der Waals surface area contributed by atoms with Crippen molar-refractivity contribution in [3.63, 3.8) is 0 Å². The number of hydrogen-bond acceptors (Lipinski definition) is 6. The van der Waals surface area contributed by atoms with E-state index in [1.807, 2.05) is 0 Å². The van der Waals surface area contributed by atoms with Gasteiger partial charge in [0.05, 0.1) is 22.7 Å². The minimum Gasteiger partial charge on any atom is -0.406 e. The van der Waals surface area contributed by atoms with Crippen molar-refractivity contribution in [3.05, 3.63) is 89.7 Å². The number of aliphatic imine (C=N–C) groups is 1. The van der Waals surface area contributed by atoms with Gasteiger partial charge in [0.15, 0.2) is 11.0 Å². The molecule has 2 heterocycles. The lowest BCUT2D eigenvalue weighted by Gasteiger charge is -2.21. The van der Waals surface area contributed by atoms with Gasteiger partial charge < -0.3 is 10.1 Å². The van der Waals surface area contributed by atoms with E-state index in [0.29, 0.717) is 29.1 Å². The zero-order valence-corrected chi connectivity index (χ0v) is 24.9. The summed E-state index contributed by atoms with van der Waals surface area (Å²) in [6.45, 7) is 3.33. The van der Waals surface area contributed by atoms with E-state index in [2.05, 4.69) is 25.1 Å². The number of carbonyl (C=O) groups is 2. The summed E-state index contributed by atoms with van der Waals surface area (Å²) in [6.07, 6.45) is -7.70. The van der Waals surface area contributed by atoms with Crippen molar-refractivity contribution in [1.29, 1.82) is 0 Å². The molecule has 3 aromatic carbocycles. The Balaban J connectivity index is 1.21. The lowest BCUT2D eigenvalue weighted by atomic mass is 10.1. The molecule has 16 heteroatoms. The van der Waals surface area contributed by atoms with Crippen LogP contribution in [-0.2, 0) is 17.4 Å². The Morgan fingerprint density at radius 1 is 1.04 bits per heavy atom. The van der Waals surface area contributed by atoms with Crippen molar-refractivity contribution >= 4 is 34.6 Å². The van der Waals surface area contributed by atoms with Crippen LogP contribution in [0.5, 0.6) is 5.75 Å². The largest absolute Gasteiger partial charge is 0.573 e. The highest BCUT2D eigenvalue weighted by molar-refractivity contribution is 8.15. The second kappa shape index (κ2) is 12.9. The van der Waals surface area contributed by atoms with Crippen LogP contribution in [-0.4, -0.2) is 50.0 Å². The van der Waals surface area contributed by atoms with Gasteiger partial charge in [0.2, 0.25) is 5.91 Å². The molecule has 1 N–H and O–H groups in total. The zero-order chi connectivity index (χ0) is 33.2. The molecule has 1 unspecified atom stereocenters. The summed E-state index contributed by atoms with van der Waals surface area (Å²) in [5.41, 5.74) is 1.10. The van der Waals surface area contributed by atoms with Crippen LogP contribution in [0.4, 0.5) is 36.8 Å². The average molecular weight is 663 g/mol. The maximum atomic E-state index is 13.7. The normalized spacial score (nSPS) is 15.3. The Bertz CT molecular complexity index is 1770. The molecule has 0 saturated carbocycles. The van der Waals surface area contributed by atoms with Crippen LogP contribution in [0.15, 0.2) is 78.0 Å². The number of hydrogen-bond donors (Lipinski definition) is 1. The van der Waals surface area contributed by atoms with Crippen molar-refractivity contribution in [2.45, 2.75) is 38.8 Å². The SMILES string of the molecule is Cc1ccc(C(F)(F)F)c(N2C(=O)CS/C2=N\C(=O)NC(C)Cc2ccc(-c3ncn(-c4ccc(OC(F)(F)F)cc4)n3)cc2)c1. The number of nitrogens with one attached hydrogen (secondary N) is 1. The van der Waals surface area contributed by atoms with Crippen LogP contribution in [0.1, 0.15) is 23.6 Å². The Morgan fingerprint density at radius 3 is 2.39 bits per heavy atom. The standard InChI is InChI=1S/C30H24F6N6O3S/c1-17-3-12-23(29(31,32)33)24(13-17)42-25(43)15-46-28(42)39-27(44)38-18(2)14-19-4-6-20(7-5-19)26-37-16-41(40-26)21-8-10-22(11-9-21)45-30(34,35)36/h3-13,16,18H,14-15H2,1-2H3,(H,38,44)/b39-28-. The third-order valence-corrected chi connectivity index (χ3v) is 7.54. The molecule has 1 aliphatic heterocycles. The Kier molecular flexibility index (Phi) is 9.10. The van der Waals surface area contributed by atoms with Crippen LogP contribution < -0.4 is 15.0 Å². The van der Waals surface area contributed by atoms with Gasteiger partial charge in [-0.1, -0.05) is 42.1 Å². The van der Waals surface area contributed by atoms with E-state index >= 15 is 0 Å². The number of nitrogens with zero attached hydrogens (tertiary/aromatic N) is 5. The number of rotatable bonds is 7. The van der Waals surface area contributed by atoms with Crippen molar-refractivity contribution in [2.24, 2.45) is 4.99 Å². The lowest BCUT2D eigenvalue weighted by molar-refractivity contribution is -0.274. The summed E-state index contributed by atoms with van der Waals surface area (Å²) in [5, 5.41) is 6.91. The number of aromatic nitrogens is 3. The summed E-state index contributed by atoms with van der Waals surface area (Å²) < 4.78 is 83.5. The number of anilines is 1. The van der Waals surface area contributed by atoms with E-state index < -0.39 is 36.1 Å². The number of ether oxygens (including phenoxy) is 1. The van der Waals surface area contributed by atoms with Crippen LogP contribution in [0.2, 0.25) is 0 Å². The van der Waals surface area contributed by atoms with E-state index in [-0.39, 0.29) is 22.4 Å². The van der Waals surface area contributed by atoms with Gasteiger partial charge in [-0.05, 0) is 67.8 Å². The molecule has 1 aliphatic rings. The van der Waals surface area contributed by atoms with E-state index in [1.54, 1.807) is 38.1 Å². The minimum absolute atomic E-state index is 0.146. The summed E-state index contributed by atoms with van der Waals surface area (Å²) in [6, 6.07) is 14.5. The molecule has 0 spiro atoms. The van der Waals surface area contributed by atoms with Gasteiger partial charge in [0, 0.05) is 11.6 Å². The van der Waals surface area contributed by atoms with E-state index in [9.17, 15) is 35.9 Å². The molecule has 240 valence electrons. The number of aryl methyl sites for hydroxylation is 1. The molecule has 0 radical (unpaired) electrons. The van der Waals surface area contributed by atoms with Crippen LogP contribution in [0, 0.1) is 6.92 Å². The number of urea groups is 1. The monoisotopic (exact) mass is 662 g/mol. The first-order valence-electron chi connectivity index (χ1n) is 13.6. The molecule has 1 aromatic heterocycles. The Morgan fingerprint density at radius 2 is 1.74 bits per heavy atom. The van der Waals surface area contributed by atoms with Crippen molar-refractivity contribution < 1.29 is 40.7 Å². The van der Waals surface area contributed by atoms with Crippen LogP contribution in [0.25, 0.3) is 17.1 Å². The third kappa shape index (κ3) is 7.85. The number of benzene rings is 3. The maximum absolute atomic E-state index is 13.7. The molecule has 5 rings (SSSR count). The molecule has 1 saturated heterocycles. The van der Waals surface area contributed by atoms with Gasteiger partial charge in [-0.25, -0.2) is 14.5 Å². The molecule has 0 bridgehead atoms. The first-order valence-corrected chi connectivity index (χ1v) is 14.5. The van der Waals surface area contributed by atoms with Gasteiger partial charge in [0.25, 0.3) is 0 Å². The molecule has 1 atom stereocenters. The second-order valence-electron chi connectivity index (χ2n) is 10.2. The van der Waals surface area contributed by atoms with E-state index in [4.69, 9.17) is 0 Å². The van der Waals surface area contributed by atoms with E-state index in [1.165, 1.54) is 47.4 Å². The molecular formula is C30H24F6N6O3S. The Labute approximate surface area is 262 Å². The molecule has 4 aromatic rings. The van der Waals surface area contributed by atoms with Gasteiger partial charge in [-0.3, -0.25) is 9.69 Å². The van der Waals surface area contributed by atoms with Crippen molar-refractivity contribution in [3.8, 4) is 22.8 Å². The number of thioether (sulfide) groups is 1. The fourth-order valence-corrected chi connectivity index (χ4v) is 5.45. The first kappa shape index (κ1) is 32.5. The highest BCUT2D eigenvalue weighted by atomic mass is 32.2. The molecular weight excluding hydrogens is 638 g/mol. The molecule has 3 amide bonds. The van der Waals surface area contributed by atoms with Gasteiger partial charge >= 0.3 is 18.6 Å². The zero-order valence-electron chi connectivity index (χ0n) is 24.1. The smallest absolute Gasteiger partial charge is 0.406 e. The highest BCUT2D eigenvalue weighted by Gasteiger charge is 2.40. The summed E-state index contributed by atoms with van der Waals surface area (Å²) in [4.78, 5) is 34.3. The third-order valence-electron chi connectivity index (χ3n) is 6.61. The second-order valence-corrected chi connectivity index (χ2v) is 11.2. The predicted molar refractivity (Wildman–Crippen MR) is 159 cm³/mol. The predicted octanol–water partition coefficient (Wildman–Crippen LogP) is 6.94. The summed E-state index contributed by atoms with van der Waals surface area (Å²) >= 11 is 0.878. The number of halogens is 6. The van der Waals surface area contributed by atoms with Gasteiger partial charge in [-0.15, -0.1) is 18.3 Å². The quantitative estimate of drug-likeness (QED) is 0.215. The lowest BCUT2D eigenvalue weighted by Crippen LogP contribution is -2.35. The van der Waals surface area contributed by atoms with Gasteiger partial charge in [-0.2, -0.15) is 18.2 Å². The topological polar surface area (TPSA) is 102 Å². The fraction of sp³-hybridized carbons (Fsp3) is 0.233. The van der Waals surface area contributed by atoms with Gasteiger partial charge in [0.1, 0.15) is 12.1 Å².